The fourth-order valence-electron chi connectivity index (χ4n) is 1.11. The van der Waals surface area contributed by atoms with E-state index in [1.54, 1.807) is 0 Å². The lowest BCUT2D eigenvalue weighted by atomic mass is 10.0. The molecule has 0 bridgehead atoms. The first-order valence-corrected chi connectivity index (χ1v) is 3.98. The molecular formula is C9H5F5N2. The fraction of sp³-hybridized carbons (Fsp3) is 0.222. The van der Waals surface area contributed by atoms with Gasteiger partial charge in [-0.1, -0.05) is 0 Å². The highest BCUT2D eigenvalue weighted by molar-refractivity contribution is 5.35. The lowest BCUT2D eigenvalue weighted by Gasteiger charge is -2.17. The molecule has 0 aliphatic rings. The molecule has 0 radical (unpaired) electrons. The third kappa shape index (κ3) is 2.28. The zero-order valence-corrected chi connectivity index (χ0v) is 7.65. The van der Waals surface area contributed by atoms with Crippen molar-refractivity contribution in [3.05, 3.63) is 34.9 Å². The molecule has 0 heterocycles. The summed E-state index contributed by atoms with van der Waals surface area (Å²) in [7, 11) is 0. The second-order valence-corrected chi connectivity index (χ2v) is 2.98. The maximum atomic E-state index is 13.1. The number of rotatable bonds is 1. The van der Waals surface area contributed by atoms with Gasteiger partial charge in [0.05, 0.1) is 11.6 Å². The summed E-state index contributed by atoms with van der Waals surface area (Å²) >= 11 is 0. The van der Waals surface area contributed by atoms with E-state index in [0.717, 1.165) is 0 Å². The molecule has 0 aliphatic heterocycles. The largest absolute Gasteiger partial charge is 0.407 e. The molecule has 0 unspecified atom stereocenters. The third-order valence-electron chi connectivity index (χ3n) is 1.87. The number of alkyl halides is 3. The molecule has 0 saturated carbocycles. The van der Waals surface area contributed by atoms with Gasteiger partial charge in [-0.2, -0.15) is 18.4 Å². The number of nitriles is 1. The van der Waals surface area contributed by atoms with E-state index >= 15 is 0 Å². The highest BCUT2D eigenvalue weighted by Gasteiger charge is 2.41. The van der Waals surface area contributed by atoms with Crippen LogP contribution in [0.25, 0.3) is 0 Å². The summed E-state index contributed by atoms with van der Waals surface area (Å²) in [5.74, 6) is -2.97. The van der Waals surface area contributed by atoms with Crippen molar-refractivity contribution < 1.29 is 22.0 Å². The standard InChI is InChI=1S/C9H5F5N2/c10-5-1-4(3-15)2-6(11)7(5)8(16)9(12,13)14/h1-2,8H,16H2/t8-/m1/s1. The highest BCUT2D eigenvalue weighted by atomic mass is 19.4. The number of nitrogens with zero attached hydrogens (tertiary/aromatic N) is 1. The molecule has 2 N–H and O–H groups in total. The van der Waals surface area contributed by atoms with E-state index in [9.17, 15) is 22.0 Å². The van der Waals surface area contributed by atoms with Crippen LogP contribution in [-0.2, 0) is 0 Å². The van der Waals surface area contributed by atoms with Crippen molar-refractivity contribution >= 4 is 0 Å². The Morgan fingerprint density at radius 3 is 1.94 bits per heavy atom. The molecule has 0 spiro atoms. The van der Waals surface area contributed by atoms with Crippen LogP contribution in [0.4, 0.5) is 22.0 Å². The second-order valence-electron chi connectivity index (χ2n) is 2.98. The number of hydrogen-bond donors (Lipinski definition) is 1. The Balaban J connectivity index is 3.32. The van der Waals surface area contributed by atoms with E-state index in [2.05, 4.69) is 5.73 Å². The van der Waals surface area contributed by atoms with E-state index in [1.165, 1.54) is 6.07 Å². The molecule has 0 aromatic heterocycles. The number of hydrogen-bond acceptors (Lipinski definition) is 2. The Morgan fingerprint density at radius 1 is 1.19 bits per heavy atom. The Hall–Kier alpha value is -1.68. The summed E-state index contributed by atoms with van der Waals surface area (Å²) in [6, 6.07) is -0.330. The SMILES string of the molecule is N#Cc1cc(F)c([C@@H](N)C(F)(F)F)c(F)c1. The average Bonchev–Trinajstić information content (AvgIpc) is 2.14. The molecule has 2 nitrogen and oxygen atoms in total. The van der Waals surface area contributed by atoms with Crippen molar-refractivity contribution in [2.75, 3.05) is 0 Å². The number of nitrogens with two attached hydrogens (primary N) is 1. The average molecular weight is 236 g/mol. The first-order chi connectivity index (χ1) is 7.27. The molecule has 86 valence electrons. The van der Waals surface area contributed by atoms with Crippen LogP contribution in [0.5, 0.6) is 0 Å². The molecule has 0 aliphatic carbocycles. The van der Waals surface area contributed by atoms with Crippen molar-refractivity contribution in [3.63, 3.8) is 0 Å². The van der Waals surface area contributed by atoms with Crippen LogP contribution in [0.15, 0.2) is 12.1 Å². The number of benzene rings is 1. The van der Waals surface area contributed by atoms with Crippen molar-refractivity contribution in [2.45, 2.75) is 12.2 Å². The van der Waals surface area contributed by atoms with Gasteiger partial charge in [0.25, 0.3) is 0 Å². The van der Waals surface area contributed by atoms with Crippen LogP contribution < -0.4 is 5.73 Å². The smallest absolute Gasteiger partial charge is 0.316 e. The van der Waals surface area contributed by atoms with Gasteiger partial charge in [0.1, 0.15) is 17.7 Å². The highest BCUT2D eigenvalue weighted by Crippen LogP contribution is 2.33. The van der Waals surface area contributed by atoms with Gasteiger partial charge in [-0.15, -0.1) is 0 Å². The molecule has 7 heteroatoms. The number of halogens is 5. The van der Waals surface area contributed by atoms with E-state index in [-0.39, 0.29) is 0 Å². The molecule has 0 fully saturated rings. The summed E-state index contributed by atoms with van der Waals surface area (Å²) in [6.45, 7) is 0. The lowest BCUT2D eigenvalue weighted by Crippen LogP contribution is -2.30. The van der Waals surface area contributed by atoms with Gasteiger partial charge in [-0.25, -0.2) is 8.78 Å². The zero-order chi connectivity index (χ0) is 12.5. The Kier molecular flexibility index (Phi) is 3.14. The minimum atomic E-state index is -4.95. The van der Waals surface area contributed by atoms with Crippen LogP contribution in [-0.4, -0.2) is 6.18 Å². The van der Waals surface area contributed by atoms with Crippen molar-refractivity contribution in [3.8, 4) is 6.07 Å². The zero-order valence-electron chi connectivity index (χ0n) is 7.65. The van der Waals surface area contributed by atoms with Gasteiger partial charge in [-0.05, 0) is 12.1 Å². The summed E-state index contributed by atoms with van der Waals surface area (Å²) < 4.78 is 62.7. The fourth-order valence-corrected chi connectivity index (χ4v) is 1.11. The van der Waals surface area contributed by atoms with Crippen LogP contribution in [0, 0.1) is 23.0 Å². The summed E-state index contributed by atoms with van der Waals surface area (Å²) in [5.41, 5.74) is 2.98. The Morgan fingerprint density at radius 2 is 1.62 bits per heavy atom. The maximum absolute atomic E-state index is 13.1. The molecule has 1 rings (SSSR count). The van der Waals surface area contributed by atoms with Crippen LogP contribution in [0.2, 0.25) is 0 Å². The van der Waals surface area contributed by atoms with Gasteiger partial charge < -0.3 is 5.73 Å². The molecule has 16 heavy (non-hydrogen) atoms. The third-order valence-corrected chi connectivity index (χ3v) is 1.87. The maximum Gasteiger partial charge on any atom is 0.407 e. The van der Waals surface area contributed by atoms with E-state index in [4.69, 9.17) is 5.26 Å². The first-order valence-electron chi connectivity index (χ1n) is 3.98. The van der Waals surface area contributed by atoms with E-state index in [0.29, 0.717) is 12.1 Å². The van der Waals surface area contributed by atoms with Crippen molar-refractivity contribution in [1.82, 2.24) is 0 Å². The summed E-state index contributed by atoms with van der Waals surface area (Å²) in [5, 5.41) is 8.34. The quantitative estimate of drug-likeness (QED) is 0.761. The molecule has 0 saturated heterocycles. The lowest BCUT2D eigenvalue weighted by molar-refractivity contribution is -0.150. The van der Waals surface area contributed by atoms with Crippen LogP contribution >= 0.6 is 0 Å². The van der Waals surface area contributed by atoms with Gasteiger partial charge in [0.2, 0.25) is 0 Å². The topological polar surface area (TPSA) is 49.8 Å². The van der Waals surface area contributed by atoms with Gasteiger partial charge >= 0.3 is 6.18 Å². The van der Waals surface area contributed by atoms with Gasteiger partial charge in [0.15, 0.2) is 0 Å². The Bertz CT molecular complexity index is 423. The molecular weight excluding hydrogens is 231 g/mol. The van der Waals surface area contributed by atoms with Crippen LogP contribution in [0.3, 0.4) is 0 Å². The first kappa shape index (κ1) is 12.4. The monoisotopic (exact) mass is 236 g/mol. The van der Waals surface area contributed by atoms with Gasteiger partial charge in [-0.3, -0.25) is 0 Å². The predicted octanol–water partition coefficient (Wildman–Crippen LogP) is 2.40. The summed E-state index contributed by atoms with van der Waals surface area (Å²) in [4.78, 5) is 0. The predicted molar refractivity (Wildman–Crippen MR) is 44.1 cm³/mol. The molecule has 1 aromatic rings. The normalized spacial score (nSPS) is 13.3. The van der Waals surface area contributed by atoms with Crippen molar-refractivity contribution in [1.29, 1.82) is 5.26 Å². The minimum absolute atomic E-state index is 0.409. The minimum Gasteiger partial charge on any atom is -0.316 e. The molecule has 1 atom stereocenters. The van der Waals surface area contributed by atoms with Crippen molar-refractivity contribution in [2.24, 2.45) is 5.73 Å². The van der Waals surface area contributed by atoms with E-state index in [1.807, 2.05) is 0 Å². The Labute approximate surface area is 87.1 Å². The van der Waals surface area contributed by atoms with Gasteiger partial charge in [0, 0.05) is 5.56 Å². The second kappa shape index (κ2) is 4.06. The molecule has 1 aromatic carbocycles. The molecule has 0 amide bonds. The summed E-state index contributed by atoms with van der Waals surface area (Å²) in [6.07, 6.45) is -4.95. The van der Waals surface area contributed by atoms with Crippen LogP contribution in [0.1, 0.15) is 17.2 Å². The van der Waals surface area contributed by atoms with E-state index < -0.39 is 35.0 Å².